The molecular weight excluding hydrogens is 266 g/mol. The Morgan fingerprint density at radius 1 is 1.20 bits per heavy atom. The van der Waals surface area contributed by atoms with Crippen LogP contribution in [0.3, 0.4) is 0 Å². The number of hydrogen-bond acceptors (Lipinski definition) is 3. The molecule has 2 atom stereocenters. The number of Topliss-reactive ketones (excluding diaryl/α,β-unsaturated/α-hetero) is 1. The standard InChI is InChI=1S/C17H25NOS/c1-2-13-9-10-14(20-13)12-18-11-4-3-7-16(18)15-6-5-8-17(15)19/h9-10,15-16H,2-8,11-12H2,1H3. The average Bonchev–Trinajstić information content (AvgIpc) is 3.08. The van der Waals surface area contributed by atoms with Gasteiger partial charge in [-0.25, -0.2) is 0 Å². The zero-order valence-corrected chi connectivity index (χ0v) is 13.3. The quantitative estimate of drug-likeness (QED) is 0.834. The van der Waals surface area contributed by atoms with Crippen molar-refractivity contribution in [2.45, 2.75) is 64.5 Å². The summed E-state index contributed by atoms with van der Waals surface area (Å²) in [7, 11) is 0. The highest BCUT2D eigenvalue weighted by Gasteiger charge is 2.36. The molecule has 3 rings (SSSR count). The summed E-state index contributed by atoms with van der Waals surface area (Å²) >= 11 is 1.95. The fourth-order valence-corrected chi connectivity index (χ4v) is 4.80. The molecule has 1 aromatic heterocycles. The number of carbonyl (C=O) groups is 1. The molecule has 0 aromatic carbocycles. The summed E-state index contributed by atoms with van der Waals surface area (Å²) in [5.74, 6) is 0.864. The fraction of sp³-hybridized carbons (Fsp3) is 0.706. The van der Waals surface area contributed by atoms with E-state index in [4.69, 9.17) is 0 Å². The number of nitrogens with zero attached hydrogens (tertiary/aromatic N) is 1. The van der Waals surface area contributed by atoms with E-state index in [0.29, 0.717) is 17.7 Å². The van der Waals surface area contributed by atoms with Gasteiger partial charge in [-0.3, -0.25) is 9.69 Å². The monoisotopic (exact) mass is 291 g/mol. The van der Waals surface area contributed by atoms with Crippen LogP contribution in [0.4, 0.5) is 0 Å². The summed E-state index contributed by atoms with van der Waals surface area (Å²) in [4.78, 5) is 17.6. The van der Waals surface area contributed by atoms with Crippen LogP contribution in [0.25, 0.3) is 0 Å². The summed E-state index contributed by atoms with van der Waals surface area (Å²) in [6, 6.07) is 5.07. The largest absolute Gasteiger partial charge is 0.299 e. The summed E-state index contributed by atoms with van der Waals surface area (Å²) in [5.41, 5.74) is 0. The van der Waals surface area contributed by atoms with Crippen molar-refractivity contribution < 1.29 is 4.79 Å². The highest BCUT2D eigenvalue weighted by molar-refractivity contribution is 7.11. The van der Waals surface area contributed by atoms with Crippen molar-refractivity contribution in [3.63, 3.8) is 0 Å². The van der Waals surface area contributed by atoms with Gasteiger partial charge in [0.2, 0.25) is 0 Å². The number of ketones is 1. The van der Waals surface area contributed by atoms with Crippen LogP contribution in [-0.4, -0.2) is 23.3 Å². The number of rotatable bonds is 4. The number of aryl methyl sites for hydroxylation is 1. The molecule has 1 saturated heterocycles. The summed E-state index contributed by atoms with van der Waals surface area (Å²) < 4.78 is 0. The predicted molar refractivity (Wildman–Crippen MR) is 84.1 cm³/mol. The highest BCUT2D eigenvalue weighted by Crippen LogP contribution is 2.34. The molecule has 1 aliphatic heterocycles. The minimum absolute atomic E-state index is 0.334. The molecule has 1 saturated carbocycles. The maximum absolute atomic E-state index is 12.1. The third-order valence-electron chi connectivity index (χ3n) is 4.91. The van der Waals surface area contributed by atoms with E-state index in [-0.39, 0.29) is 0 Å². The van der Waals surface area contributed by atoms with Crippen LogP contribution in [0.15, 0.2) is 12.1 Å². The minimum atomic E-state index is 0.334. The van der Waals surface area contributed by atoms with Crippen LogP contribution in [0.5, 0.6) is 0 Å². The van der Waals surface area contributed by atoms with Gasteiger partial charge in [-0.1, -0.05) is 13.3 Å². The second kappa shape index (κ2) is 6.40. The van der Waals surface area contributed by atoms with Gasteiger partial charge in [0.05, 0.1) is 0 Å². The number of hydrogen-bond donors (Lipinski definition) is 0. The number of likely N-dealkylation sites (tertiary alicyclic amines) is 1. The fourth-order valence-electron chi connectivity index (χ4n) is 3.82. The van der Waals surface area contributed by atoms with Gasteiger partial charge >= 0.3 is 0 Å². The van der Waals surface area contributed by atoms with E-state index >= 15 is 0 Å². The Labute approximate surface area is 126 Å². The SMILES string of the molecule is CCc1ccc(CN2CCCCC2C2CCCC2=O)s1. The Kier molecular flexibility index (Phi) is 4.57. The molecule has 0 amide bonds. The van der Waals surface area contributed by atoms with Crippen molar-refractivity contribution in [2.24, 2.45) is 5.92 Å². The maximum Gasteiger partial charge on any atom is 0.137 e. The third-order valence-corrected chi connectivity index (χ3v) is 6.12. The molecule has 1 aromatic rings. The van der Waals surface area contributed by atoms with Gasteiger partial charge in [-0.05, 0) is 50.8 Å². The van der Waals surface area contributed by atoms with Gasteiger partial charge < -0.3 is 0 Å². The van der Waals surface area contributed by atoms with Gasteiger partial charge in [0.25, 0.3) is 0 Å². The van der Waals surface area contributed by atoms with Gasteiger partial charge in [0.1, 0.15) is 5.78 Å². The summed E-state index contributed by atoms with van der Waals surface area (Å²) in [6.45, 7) is 4.45. The maximum atomic E-state index is 12.1. The Balaban J connectivity index is 1.70. The first-order chi connectivity index (χ1) is 9.78. The Bertz CT molecular complexity index is 467. The molecule has 0 N–H and O–H groups in total. The molecule has 2 unspecified atom stereocenters. The Hall–Kier alpha value is -0.670. The van der Waals surface area contributed by atoms with Crippen molar-refractivity contribution in [1.29, 1.82) is 0 Å². The zero-order valence-electron chi connectivity index (χ0n) is 12.4. The molecule has 0 bridgehead atoms. The smallest absolute Gasteiger partial charge is 0.137 e. The molecule has 2 nitrogen and oxygen atoms in total. The summed E-state index contributed by atoms with van der Waals surface area (Å²) in [5, 5.41) is 0. The van der Waals surface area contributed by atoms with E-state index in [0.717, 1.165) is 32.2 Å². The molecular formula is C17H25NOS. The first-order valence-electron chi connectivity index (χ1n) is 8.12. The third kappa shape index (κ3) is 2.99. The molecule has 2 fully saturated rings. The molecule has 0 spiro atoms. The molecule has 1 aliphatic carbocycles. The zero-order chi connectivity index (χ0) is 13.9. The van der Waals surface area contributed by atoms with E-state index in [1.165, 1.54) is 35.6 Å². The van der Waals surface area contributed by atoms with Crippen LogP contribution in [0.1, 0.15) is 55.2 Å². The first kappa shape index (κ1) is 14.3. The van der Waals surface area contributed by atoms with Gasteiger partial charge in [0.15, 0.2) is 0 Å². The van der Waals surface area contributed by atoms with Crippen molar-refractivity contribution in [1.82, 2.24) is 4.90 Å². The highest BCUT2D eigenvalue weighted by atomic mass is 32.1. The predicted octanol–water partition coefficient (Wildman–Crippen LogP) is 4.03. The molecule has 0 radical (unpaired) electrons. The van der Waals surface area contributed by atoms with Crippen molar-refractivity contribution >= 4 is 17.1 Å². The van der Waals surface area contributed by atoms with E-state index in [9.17, 15) is 4.79 Å². The van der Waals surface area contributed by atoms with E-state index < -0.39 is 0 Å². The molecule has 20 heavy (non-hydrogen) atoms. The topological polar surface area (TPSA) is 20.3 Å². The van der Waals surface area contributed by atoms with Crippen molar-refractivity contribution in [2.75, 3.05) is 6.54 Å². The molecule has 3 heteroatoms. The average molecular weight is 291 g/mol. The lowest BCUT2D eigenvalue weighted by molar-refractivity contribution is -0.123. The Morgan fingerprint density at radius 3 is 2.75 bits per heavy atom. The second-order valence-corrected chi connectivity index (χ2v) is 7.47. The minimum Gasteiger partial charge on any atom is -0.299 e. The van der Waals surface area contributed by atoms with Gasteiger partial charge in [-0.2, -0.15) is 0 Å². The normalized spacial score (nSPS) is 28.1. The molecule has 110 valence electrons. The first-order valence-corrected chi connectivity index (χ1v) is 8.94. The lowest BCUT2D eigenvalue weighted by Crippen LogP contribution is -2.44. The Morgan fingerprint density at radius 2 is 2.05 bits per heavy atom. The number of thiophene rings is 1. The van der Waals surface area contributed by atoms with E-state index in [1.54, 1.807) is 0 Å². The number of piperidine rings is 1. The van der Waals surface area contributed by atoms with Gasteiger partial charge in [0, 0.05) is 34.7 Å². The van der Waals surface area contributed by atoms with Gasteiger partial charge in [-0.15, -0.1) is 11.3 Å². The van der Waals surface area contributed by atoms with E-state index in [2.05, 4.69) is 24.0 Å². The lowest BCUT2D eigenvalue weighted by atomic mass is 9.88. The van der Waals surface area contributed by atoms with Crippen LogP contribution >= 0.6 is 11.3 Å². The molecule has 2 heterocycles. The summed E-state index contributed by atoms with van der Waals surface area (Å²) in [6.07, 6.45) is 8.03. The van der Waals surface area contributed by atoms with Crippen LogP contribution in [-0.2, 0) is 17.8 Å². The van der Waals surface area contributed by atoms with Crippen LogP contribution in [0.2, 0.25) is 0 Å². The van der Waals surface area contributed by atoms with E-state index in [1.807, 2.05) is 11.3 Å². The van der Waals surface area contributed by atoms with Crippen molar-refractivity contribution in [3.05, 3.63) is 21.9 Å². The van der Waals surface area contributed by atoms with Crippen LogP contribution < -0.4 is 0 Å². The van der Waals surface area contributed by atoms with Crippen LogP contribution in [0, 0.1) is 5.92 Å². The lowest BCUT2D eigenvalue weighted by Gasteiger charge is -2.38. The number of carbonyl (C=O) groups excluding carboxylic acids is 1. The van der Waals surface area contributed by atoms with Crippen molar-refractivity contribution in [3.8, 4) is 0 Å². The molecule has 2 aliphatic rings. The second-order valence-electron chi connectivity index (χ2n) is 6.22.